The topological polar surface area (TPSA) is 93.7 Å². The van der Waals surface area contributed by atoms with Crippen molar-refractivity contribution in [3.05, 3.63) is 82.4 Å². The molecule has 9 heteroatoms. The largest absolute Gasteiger partial charge is 0.459 e. The monoisotopic (exact) mass is 450 g/mol. The Morgan fingerprint density at radius 2 is 2.12 bits per heavy atom. The molecule has 0 spiro atoms. The van der Waals surface area contributed by atoms with E-state index in [1.54, 1.807) is 18.3 Å². The van der Waals surface area contributed by atoms with Crippen molar-refractivity contribution in [2.24, 2.45) is 0 Å². The number of nitrogens with one attached hydrogen (secondary N) is 1. The third kappa shape index (κ3) is 3.96. The summed E-state index contributed by atoms with van der Waals surface area (Å²) in [5.41, 5.74) is 1.54. The van der Waals surface area contributed by atoms with Gasteiger partial charge in [-0.3, -0.25) is 15.1 Å². The van der Waals surface area contributed by atoms with Crippen LogP contribution in [0.15, 0.2) is 65.2 Å². The van der Waals surface area contributed by atoms with Crippen molar-refractivity contribution in [3.8, 4) is 11.3 Å². The van der Waals surface area contributed by atoms with Gasteiger partial charge in [0.1, 0.15) is 17.6 Å². The highest BCUT2D eigenvalue weighted by Gasteiger charge is 2.42. The number of ether oxygens (including phenoxy) is 1. The minimum absolute atomic E-state index is 0.0236. The molecule has 3 unspecified atom stereocenters. The van der Waals surface area contributed by atoms with Crippen molar-refractivity contribution in [1.29, 1.82) is 0 Å². The predicted octanol–water partition coefficient (Wildman–Crippen LogP) is 4.40. The Labute approximate surface area is 190 Å². The molecular weight excluding hydrogens is 428 g/mol. The summed E-state index contributed by atoms with van der Waals surface area (Å²) in [5.74, 6) is 1.28. The van der Waals surface area contributed by atoms with E-state index in [0.717, 1.165) is 25.1 Å². The zero-order valence-corrected chi connectivity index (χ0v) is 18.0. The number of benzene rings is 1. The summed E-state index contributed by atoms with van der Waals surface area (Å²) in [6.45, 7) is 1.43. The molecule has 8 nitrogen and oxygen atoms in total. The maximum atomic E-state index is 11.2. The molecule has 2 aromatic heterocycles. The summed E-state index contributed by atoms with van der Waals surface area (Å²) >= 11 is 5.69. The summed E-state index contributed by atoms with van der Waals surface area (Å²) in [4.78, 5) is 17.4. The maximum absolute atomic E-state index is 11.2. The number of aromatic nitrogens is 1. The van der Waals surface area contributed by atoms with Gasteiger partial charge in [0.15, 0.2) is 5.11 Å². The molecule has 2 saturated heterocycles. The molecule has 0 radical (unpaired) electrons. The number of thiocarbonyl (C=S) groups is 1. The number of hydrogen-bond acceptors (Lipinski definition) is 6. The Kier molecular flexibility index (Phi) is 5.59. The zero-order chi connectivity index (χ0) is 22.1. The molecule has 1 aromatic carbocycles. The van der Waals surface area contributed by atoms with Crippen molar-refractivity contribution >= 4 is 23.0 Å². The molecule has 32 heavy (non-hydrogen) atoms. The lowest BCUT2D eigenvalue weighted by molar-refractivity contribution is -0.384. The lowest BCUT2D eigenvalue weighted by atomic mass is 10.0. The average molecular weight is 451 g/mol. The maximum Gasteiger partial charge on any atom is 0.270 e. The molecule has 2 aliphatic heterocycles. The molecule has 3 aromatic rings. The molecule has 164 valence electrons. The quantitative estimate of drug-likeness (QED) is 0.336. The van der Waals surface area contributed by atoms with Crippen LogP contribution in [-0.2, 0) is 4.74 Å². The molecular formula is C23H22N4O4S. The van der Waals surface area contributed by atoms with Gasteiger partial charge in [-0.1, -0.05) is 18.2 Å². The van der Waals surface area contributed by atoms with Gasteiger partial charge in [-0.05, 0) is 49.3 Å². The highest BCUT2D eigenvalue weighted by Crippen LogP contribution is 2.41. The second kappa shape index (κ2) is 8.68. The first kappa shape index (κ1) is 20.6. The van der Waals surface area contributed by atoms with Gasteiger partial charge in [0, 0.05) is 37.0 Å². The highest BCUT2D eigenvalue weighted by atomic mass is 32.1. The molecule has 2 fully saturated rings. The summed E-state index contributed by atoms with van der Waals surface area (Å²) < 4.78 is 12.1. The van der Waals surface area contributed by atoms with Gasteiger partial charge in [-0.2, -0.15) is 0 Å². The minimum atomic E-state index is -0.410. The van der Waals surface area contributed by atoms with Crippen LogP contribution in [0.1, 0.15) is 36.4 Å². The molecule has 0 saturated carbocycles. The zero-order valence-electron chi connectivity index (χ0n) is 17.2. The van der Waals surface area contributed by atoms with E-state index in [4.69, 9.17) is 21.4 Å². The van der Waals surface area contributed by atoms with Gasteiger partial charge >= 0.3 is 0 Å². The van der Waals surface area contributed by atoms with E-state index in [9.17, 15) is 10.1 Å². The normalized spacial score (nSPS) is 22.8. The SMILES string of the molecule is O=[N+]([O-])c1cccc(-c2ccc(C3C(c4ccccn4)NC(=S)N3CC3CCCO3)o2)c1. The van der Waals surface area contributed by atoms with Crippen LogP contribution in [0.3, 0.4) is 0 Å². The smallest absolute Gasteiger partial charge is 0.270 e. The van der Waals surface area contributed by atoms with Gasteiger partial charge in [0.2, 0.25) is 0 Å². The Hall–Kier alpha value is -3.30. The van der Waals surface area contributed by atoms with Crippen LogP contribution in [-0.4, -0.2) is 39.2 Å². The summed E-state index contributed by atoms with van der Waals surface area (Å²) in [6, 6.07) is 15.6. The number of nitro groups is 1. The minimum Gasteiger partial charge on any atom is -0.459 e. The molecule has 1 N–H and O–H groups in total. The molecule has 5 rings (SSSR count). The molecule has 0 aliphatic carbocycles. The third-order valence-electron chi connectivity index (χ3n) is 5.88. The first-order valence-corrected chi connectivity index (χ1v) is 11.0. The van der Waals surface area contributed by atoms with Crippen molar-refractivity contribution in [3.63, 3.8) is 0 Å². The van der Waals surface area contributed by atoms with E-state index in [-0.39, 0.29) is 23.9 Å². The van der Waals surface area contributed by atoms with Crippen LogP contribution in [0, 0.1) is 10.1 Å². The summed E-state index contributed by atoms with van der Waals surface area (Å²) in [6.07, 6.45) is 3.92. The number of nitro benzene ring substituents is 1. The number of furan rings is 1. The van der Waals surface area contributed by atoms with Gasteiger partial charge < -0.3 is 19.4 Å². The number of pyridine rings is 1. The van der Waals surface area contributed by atoms with Crippen molar-refractivity contribution < 1.29 is 14.1 Å². The molecule has 2 aliphatic rings. The lowest BCUT2D eigenvalue weighted by Crippen LogP contribution is -2.36. The number of non-ortho nitro benzene ring substituents is 1. The van der Waals surface area contributed by atoms with Crippen LogP contribution in [0.2, 0.25) is 0 Å². The van der Waals surface area contributed by atoms with Gasteiger partial charge in [-0.25, -0.2) is 0 Å². The Balaban J connectivity index is 1.50. The fourth-order valence-electron chi connectivity index (χ4n) is 4.36. The van der Waals surface area contributed by atoms with E-state index in [1.807, 2.05) is 30.3 Å². The first-order valence-electron chi connectivity index (χ1n) is 10.5. The van der Waals surface area contributed by atoms with E-state index < -0.39 is 4.92 Å². The van der Waals surface area contributed by atoms with Gasteiger partial charge in [0.25, 0.3) is 5.69 Å². The fraction of sp³-hybridized carbons (Fsp3) is 0.304. The van der Waals surface area contributed by atoms with Gasteiger partial charge in [0.05, 0.1) is 22.8 Å². The number of rotatable bonds is 6. The summed E-state index contributed by atoms with van der Waals surface area (Å²) in [5, 5.41) is 15.2. The predicted molar refractivity (Wildman–Crippen MR) is 122 cm³/mol. The average Bonchev–Trinajstić information content (AvgIpc) is 3.56. The molecule has 0 amide bonds. The first-order chi connectivity index (χ1) is 15.6. The van der Waals surface area contributed by atoms with Crippen LogP contribution >= 0.6 is 12.2 Å². The second-order valence-electron chi connectivity index (χ2n) is 7.92. The van der Waals surface area contributed by atoms with E-state index in [1.165, 1.54) is 12.1 Å². The van der Waals surface area contributed by atoms with E-state index in [0.29, 0.717) is 28.7 Å². The summed E-state index contributed by atoms with van der Waals surface area (Å²) in [7, 11) is 0. The molecule has 3 atom stereocenters. The fourth-order valence-corrected chi connectivity index (χ4v) is 4.67. The van der Waals surface area contributed by atoms with Crippen molar-refractivity contribution in [2.75, 3.05) is 13.2 Å². The van der Waals surface area contributed by atoms with Crippen LogP contribution in [0.5, 0.6) is 0 Å². The number of nitrogens with zero attached hydrogens (tertiary/aromatic N) is 3. The van der Waals surface area contributed by atoms with Crippen molar-refractivity contribution in [1.82, 2.24) is 15.2 Å². The van der Waals surface area contributed by atoms with E-state index in [2.05, 4.69) is 15.2 Å². The Morgan fingerprint density at radius 3 is 2.88 bits per heavy atom. The molecule has 4 heterocycles. The van der Waals surface area contributed by atoms with Gasteiger partial charge in [-0.15, -0.1) is 0 Å². The standard InChI is InChI=1S/C23H22N4O4S/c28-27(29)16-6-3-5-15(13-16)19-9-10-20(31-19)22-21(18-8-1-2-11-24-18)25-23(32)26(22)14-17-7-4-12-30-17/h1-3,5-6,8-11,13,17,21-22H,4,7,12,14H2,(H,25,32). The van der Waals surface area contributed by atoms with Crippen LogP contribution in [0.4, 0.5) is 5.69 Å². The van der Waals surface area contributed by atoms with Crippen LogP contribution < -0.4 is 5.32 Å². The van der Waals surface area contributed by atoms with Crippen LogP contribution in [0.25, 0.3) is 11.3 Å². The highest BCUT2D eigenvalue weighted by molar-refractivity contribution is 7.80. The molecule has 0 bridgehead atoms. The third-order valence-corrected chi connectivity index (χ3v) is 6.23. The Bertz CT molecular complexity index is 1130. The second-order valence-corrected chi connectivity index (χ2v) is 8.31. The number of hydrogen-bond donors (Lipinski definition) is 1. The van der Waals surface area contributed by atoms with Crippen molar-refractivity contribution in [2.45, 2.75) is 31.0 Å². The van der Waals surface area contributed by atoms with E-state index >= 15 is 0 Å². The lowest BCUT2D eigenvalue weighted by Gasteiger charge is -2.28. The Morgan fingerprint density at radius 1 is 1.22 bits per heavy atom.